The van der Waals surface area contributed by atoms with E-state index in [9.17, 15) is 4.79 Å². The fourth-order valence-corrected chi connectivity index (χ4v) is 2.50. The molecule has 3 heterocycles. The molecule has 1 aliphatic heterocycles. The van der Waals surface area contributed by atoms with Gasteiger partial charge < -0.3 is 23.8 Å². The van der Waals surface area contributed by atoms with Crippen molar-refractivity contribution >= 4 is 6.03 Å². The van der Waals surface area contributed by atoms with Gasteiger partial charge >= 0.3 is 6.03 Å². The highest BCUT2D eigenvalue weighted by molar-refractivity contribution is 5.74. The lowest BCUT2D eigenvalue weighted by atomic mass is 10.1. The van der Waals surface area contributed by atoms with Gasteiger partial charge in [0.05, 0.1) is 30.6 Å². The predicted molar refractivity (Wildman–Crippen MR) is 79.2 cm³/mol. The van der Waals surface area contributed by atoms with Crippen LogP contribution in [0.1, 0.15) is 30.7 Å². The first kappa shape index (κ1) is 15.5. The second-order valence-electron chi connectivity index (χ2n) is 5.49. The van der Waals surface area contributed by atoms with Gasteiger partial charge in [-0.05, 0) is 19.3 Å². The number of carbonyl (C=O) groups excluding carboxylic acids is 1. The standard InChI is InChI=1S/C15H20N4O4/c20-15(16-5-14-3-1-2-4-23-14)19(6-12-8-21-10-17-12)7-13-9-22-11-18-13/h8-11,14H,1-7H2,(H,16,20). The lowest BCUT2D eigenvalue weighted by Gasteiger charge is -2.25. The van der Waals surface area contributed by atoms with E-state index in [4.69, 9.17) is 13.6 Å². The highest BCUT2D eigenvalue weighted by Crippen LogP contribution is 2.12. The third-order valence-corrected chi connectivity index (χ3v) is 3.71. The number of rotatable bonds is 6. The van der Waals surface area contributed by atoms with Crippen molar-refractivity contribution in [1.29, 1.82) is 0 Å². The minimum atomic E-state index is -0.190. The molecule has 124 valence electrons. The first-order valence-electron chi connectivity index (χ1n) is 7.70. The minimum absolute atomic E-state index is 0.0913. The lowest BCUT2D eigenvalue weighted by Crippen LogP contribution is -2.43. The summed E-state index contributed by atoms with van der Waals surface area (Å²) in [6, 6.07) is -0.190. The number of urea groups is 1. The van der Waals surface area contributed by atoms with Crippen molar-refractivity contribution in [2.24, 2.45) is 0 Å². The van der Waals surface area contributed by atoms with Crippen molar-refractivity contribution < 1.29 is 18.4 Å². The Labute approximate surface area is 133 Å². The summed E-state index contributed by atoms with van der Waals surface area (Å²) >= 11 is 0. The second-order valence-corrected chi connectivity index (χ2v) is 5.49. The van der Waals surface area contributed by atoms with E-state index in [-0.39, 0.29) is 12.1 Å². The molecule has 1 atom stereocenters. The van der Waals surface area contributed by atoms with Crippen molar-refractivity contribution in [1.82, 2.24) is 20.2 Å². The Morgan fingerprint density at radius 1 is 1.17 bits per heavy atom. The molecule has 1 fully saturated rings. The molecule has 1 N–H and O–H groups in total. The molecule has 3 rings (SSSR count). The van der Waals surface area contributed by atoms with Gasteiger partial charge in [-0.3, -0.25) is 0 Å². The van der Waals surface area contributed by atoms with E-state index in [1.54, 1.807) is 4.90 Å². The van der Waals surface area contributed by atoms with E-state index in [1.807, 2.05) is 0 Å². The molecule has 1 aliphatic rings. The molecular formula is C15H20N4O4. The molecule has 0 radical (unpaired) electrons. The molecule has 8 nitrogen and oxygen atoms in total. The van der Waals surface area contributed by atoms with Crippen LogP contribution < -0.4 is 5.32 Å². The van der Waals surface area contributed by atoms with Crippen LogP contribution in [0.4, 0.5) is 4.79 Å². The van der Waals surface area contributed by atoms with Gasteiger partial charge in [0.25, 0.3) is 0 Å². The summed E-state index contributed by atoms with van der Waals surface area (Å²) < 4.78 is 15.6. The van der Waals surface area contributed by atoms with Gasteiger partial charge in [-0.25, -0.2) is 14.8 Å². The van der Waals surface area contributed by atoms with E-state index >= 15 is 0 Å². The molecule has 0 saturated carbocycles. The summed E-state index contributed by atoms with van der Waals surface area (Å²) in [4.78, 5) is 22.2. The molecule has 0 spiro atoms. The topological polar surface area (TPSA) is 93.6 Å². The van der Waals surface area contributed by atoms with E-state index in [1.165, 1.54) is 25.3 Å². The van der Waals surface area contributed by atoms with Crippen LogP contribution in [0.3, 0.4) is 0 Å². The average molecular weight is 320 g/mol. The van der Waals surface area contributed by atoms with Gasteiger partial charge in [-0.2, -0.15) is 0 Å². The smallest absolute Gasteiger partial charge is 0.318 e. The number of oxazole rings is 2. The lowest BCUT2D eigenvalue weighted by molar-refractivity contribution is 0.0176. The summed E-state index contributed by atoms with van der Waals surface area (Å²) in [5, 5.41) is 2.92. The van der Waals surface area contributed by atoms with Crippen LogP contribution >= 0.6 is 0 Å². The highest BCUT2D eigenvalue weighted by atomic mass is 16.5. The van der Waals surface area contributed by atoms with E-state index in [2.05, 4.69) is 15.3 Å². The number of ether oxygens (including phenoxy) is 1. The van der Waals surface area contributed by atoms with Crippen molar-refractivity contribution in [2.75, 3.05) is 13.2 Å². The first-order chi connectivity index (χ1) is 11.3. The Bertz CT molecular complexity index is 542. The Kier molecular flexibility index (Phi) is 5.25. The summed E-state index contributed by atoms with van der Waals surface area (Å²) in [7, 11) is 0. The van der Waals surface area contributed by atoms with Crippen molar-refractivity contribution in [2.45, 2.75) is 38.5 Å². The summed E-state index contributed by atoms with van der Waals surface area (Å²) in [5.41, 5.74) is 1.36. The van der Waals surface area contributed by atoms with Gasteiger partial charge in [0.1, 0.15) is 12.5 Å². The molecule has 1 unspecified atom stereocenters. The predicted octanol–water partition coefficient (Wildman–Crippen LogP) is 1.94. The maximum absolute atomic E-state index is 12.5. The van der Waals surface area contributed by atoms with Crippen molar-refractivity contribution in [3.63, 3.8) is 0 Å². The molecule has 2 amide bonds. The zero-order chi connectivity index (χ0) is 15.9. The normalized spacial score (nSPS) is 17.8. The number of aromatic nitrogens is 2. The maximum atomic E-state index is 12.5. The molecule has 23 heavy (non-hydrogen) atoms. The fourth-order valence-electron chi connectivity index (χ4n) is 2.50. The minimum Gasteiger partial charge on any atom is -0.451 e. The number of nitrogens with zero attached hydrogens (tertiary/aromatic N) is 3. The second kappa shape index (κ2) is 7.77. The maximum Gasteiger partial charge on any atom is 0.318 e. The van der Waals surface area contributed by atoms with Crippen LogP contribution in [-0.4, -0.2) is 40.2 Å². The molecule has 2 aromatic rings. The zero-order valence-corrected chi connectivity index (χ0v) is 12.8. The molecule has 8 heteroatoms. The Morgan fingerprint density at radius 2 is 1.87 bits per heavy atom. The van der Waals surface area contributed by atoms with Crippen molar-refractivity contribution in [3.8, 4) is 0 Å². The summed E-state index contributed by atoms with van der Waals surface area (Å²) in [5.74, 6) is 0. The molecule has 0 bridgehead atoms. The van der Waals surface area contributed by atoms with E-state index in [0.29, 0.717) is 31.0 Å². The Hall–Kier alpha value is -2.35. The Morgan fingerprint density at radius 3 is 2.39 bits per heavy atom. The average Bonchev–Trinajstić information content (AvgIpc) is 3.27. The van der Waals surface area contributed by atoms with Crippen LogP contribution in [0.5, 0.6) is 0 Å². The van der Waals surface area contributed by atoms with Gasteiger partial charge in [-0.15, -0.1) is 0 Å². The molecule has 2 aromatic heterocycles. The van der Waals surface area contributed by atoms with Crippen LogP contribution in [0, 0.1) is 0 Å². The number of hydrogen-bond donors (Lipinski definition) is 1. The monoisotopic (exact) mass is 320 g/mol. The number of amides is 2. The first-order valence-corrected chi connectivity index (χ1v) is 7.70. The van der Waals surface area contributed by atoms with Gasteiger partial charge in [0, 0.05) is 13.2 Å². The van der Waals surface area contributed by atoms with Crippen molar-refractivity contribution in [3.05, 3.63) is 36.7 Å². The summed E-state index contributed by atoms with van der Waals surface area (Å²) in [6.07, 6.45) is 9.04. The zero-order valence-electron chi connectivity index (χ0n) is 12.8. The molecule has 1 saturated heterocycles. The summed E-state index contributed by atoms with van der Waals surface area (Å²) in [6.45, 7) is 1.94. The van der Waals surface area contributed by atoms with Crippen LogP contribution in [-0.2, 0) is 17.8 Å². The van der Waals surface area contributed by atoms with Gasteiger partial charge in [0.2, 0.25) is 0 Å². The number of hydrogen-bond acceptors (Lipinski definition) is 6. The van der Waals surface area contributed by atoms with Crippen LogP contribution in [0.25, 0.3) is 0 Å². The van der Waals surface area contributed by atoms with Gasteiger partial charge in [0.15, 0.2) is 12.8 Å². The SMILES string of the molecule is O=C(NCC1CCCCO1)N(Cc1cocn1)Cc1cocn1. The highest BCUT2D eigenvalue weighted by Gasteiger charge is 2.20. The molecule has 0 aromatic carbocycles. The third kappa shape index (κ3) is 4.56. The third-order valence-electron chi connectivity index (χ3n) is 3.71. The quantitative estimate of drug-likeness (QED) is 0.874. The Balaban J connectivity index is 1.57. The molecular weight excluding hydrogens is 300 g/mol. The number of carbonyl (C=O) groups is 1. The van der Waals surface area contributed by atoms with Crippen LogP contribution in [0.2, 0.25) is 0 Å². The van der Waals surface area contributed by atoms with E-state index < -0.39 is 0 Å². The number of nitrogens with one attached hydrogen (secondary N) is 1. The largest absolute Gasteiger partial charge is 0.451 e. The van der Waals surface area contributed by atoms with E-state index in [0.717, 1.165) is 25.9 Å². The van der Waals surface area contributed by atoms with Crippen LogP contribution in [0.15, 0.2) is 34.1 Å². The van der Waals surface area contributed by atoms with Gasteiger partial charge in [-0.1, -0.05) is 0 Å². The fraction of sp³-hybridized carbons (Fsp3) is 0.533. The molecule has 0 aliphatic carbocycles.